The van der Waals surface area contributed by atoms with E-state index in [2.05, 4.69) is 15.6 Å². The van der Waals surface area contributed by atoms with Crippen molar-refractivity contribution in [2.24, 2.45) is 0 Å². The number of nitrogens with one attached hydrogen (secondary N) is 3. The maximum atomic E-state index is 12.5. The van der Waals surface area contributed by atoms with Gasteiger partial charge >= 0.3 is 0 Å². The number of Topliss-reactive ketones (excluding diaryl/α,β-unsaturated/α-hetero) is 1. The number of carbonyl (C=O) groups excluding carboxylic acids is 3. The molecule has 0 bridgehead atoms. The minimum atomic E-state index is -3.88. The molecule has 3 aromatic rings. The number of ether oxygens (including phenoxy) is 2. The molecule has 0 saturated heterocycles. The Kier molecular flexibility index (Phi) is 6.19. The molecule has 2 amide bonds. The molecular weight excluding hydrogens is 462 g/mol. The topological polar surface area (TPSA) is 140 Å². The van der Waals surface area contributed by atoms with Crippen LogP contribution in [-0.4, -0.2) is 32.8 Å². The van der Waals surface area contributed by atoms with Gasteiger partial charge in [-0.1, -0.05) is 12.1 Å². The van der Waals surface area contributed by atoms with Gasteiger partial charge in [-0.3, -0.25) is 30.0 Å². The van der Waals surface area contributed by atoms with Crippen molar-refractivity contribution in [1.29, 1.82) is 0 Å². The van der Waals surface area contributed by atoms with Gasteiger partial charge in [-0.15, -0.1) is 0 Å². The van der Waals surface area contributed by atoms with Gasteiger partial charge in [0.25, 0.3) is 21.8 Å². The molecule has 1 aliphatic rings. The Morgan fingerprint density at radius 2 is 1.29 bits per heavy atom. The number of amides is 2. The van der Waals surface area contributed by atoms with E-state index in [4.69, 9.17) is 9.47 Å². The Morgan fingerprint density at radius 3 is 1.94 bits per heavy atom. The standard InChI is InChI=1S/C23H19N3O7S/c1-14(27)15-4-9-19(10-5-15)34(30,31)26-18-7-2-16(3-8-18)22(28)24-25-23(29)17-6-11-20-21(12-17)33-13-32-20/h2-12,26H,13H2,1H3,(H,24,28)(H,25,29). The summed E-state index contributed by atoms with van der Waals surface area (Å²) in [6.45, 7) is 1.47. The first kappa shape index (κ1) is 22.8. The highest BCUT2D eigenvalue weighted by atomic mass is 32.2. The quantitative estimate of drug-likeness (QED) is 0.363. The normalized spacial score (nSPS) is 12.0. The van der Waals surface area contributed by atoms with Crippen molar-refractivity contribution >= 4 is 33.3 Å². The zero-order chi connectivity index (χ0) is 24.3. The molecule has 11 heteroatoms. The molecule has 0 fully saturated rings. The Morgan fingerprint density at radius 1 is 0.735 bits per heavy atom. The van der Waals surface area contributed by atoms with Crippen molar-refractivity contribution in [2.75, 3.05) is 11.5 Å². The lowest BCUT2D eigenvalue weighted by atomic mass is 10.2. The third-order valence-electron chi connectivity index (χ3n) is 4.89. The summed E-state index contributed by atoms with van der Waals surface area (Å²) >= 11 is 0. The lowest BCUT2D eigenvalue weighted by molar-refractivity contribution is 0.0846. The van der Waals surface area contributed by atoms with Gasteiger partial charge in [-0.05, 0) is 61.5 Å². The second-order valence-electron chi connectivity index (χ2n) is 7.24. The summed E-state index contributed by atoms with van der Waals surface area (Å²) in [5, 5.41) is 0. The maximum Gasteiger partial charge on any atom is 0.269 e. The van der Waals surface area contributed by atoms with Crippen molar-refractivity contribution in [1.82, 2.24) is 10.9 Å². The second kappa shape index (κ2) is 9.24. The smallest absolute Gasteiger partial charge is 0.269 e. The van der Waals surface area contributed by atoms with Crippen LogP contribution in [0.15, 0.2) is 71.6 Å². The maximum absolute atomic E-state index is 12.5. The van der Waals surface area contributed by atoms with E-state index in [0.29, 0.717) is 17.1 Å². The van der Waals surface area contributed by atoms with Crippen molar-refractivity contribution in [3.05, 3.63) is 83.4 Å². The predicted molar refractivity (Wildman–Crippen MR) is 121 cm³/mol. The molecule has 34 heavy (non-hydrogen) atoms. The minimum Gasteiger partial charge on any atom is -0.454 e. The Balaban J connectivity index is 1.35. The van der Waals surface area contributed by atoms with E-state index in [0.717, 1.165) is 0 Å². The van der Waals surface area contributed by atoms with Crippen LogP contribution in [-0.2, 0) is 10.0 Å². The molecule has 0 atom stereocenters. The van der Waals surface area contributed by atoms with Gasteiger partial charge < -0.3 is 9.47 Å². The number of anilines is 1. The molecule has 10 nitrogen and oxygen atoms in total. The summed E-state index contributed by atoms with van der Waals surface area (Å²) < 4.78 is 37.9. The first-order valence-corrected chi connectivity index (χ1v) is 11.5. The highest BCUT2D eigenvalue weighted by Gasteiger charge is 2.18. The van der Waals surface area contributed by atoms with Gasteiger partial charge in [0.1, 0.15) is 0 Å². The fourth-order valence-electron chi connectivity index (χ4n) is 3.07. The van der Waals surface area contributed by atoms with Gasteiger partial charge in [0.05, 0.1) is 4.90 Å². The van der Waals surface area contributed by atoms with Crippen molar-refractivity contribution in [3.8, 4) is 11.5 Å². The molecule has 3 aromatic carbocycles. The summed E-state index contributed by atoms with van der Waals surface area (Å²) in [5.74, 6) is -0.343. The number of ketones is 1. The molecule has 1 aliphatic heterocycles. The second-order valence-corrected chi connectivity index (χ2v) is 8.92. The monoisotopic (exact) mass is 481 g/mol. The fourth-order valence-corrected chi connectivity index (χ4v) is 4.13. The van der Waals surface area contributed by atoms with Gasteiger partial charge in [0.15, 0.2) is 17.3 Å². The van der Waals surface area contributed by atoms with E-state index in [-0.39, 0.29) is 34.3 Å². The molecule has 0 unspecified atom stereocenters. The number of benzene rings is 3. The Hall–Kier alpha value is -4.38. The molecule has 0 aliphatic carbocycles. The summed E-state index contributed by atoms with van der Waals surface area (Å²) in [6, 6.07) is 15.8. The Labute approximate surface area is 194 Å². The SMILES string of the molecule is CC(=O)c1ccc(S(=O)(=O)Nc2ccc(C(=O)NNC(=O)c3ccc4c(c3)OCO4)cc2)cc1. The van der Waals surface area contributed by atoms with Crippen LogP contribution >= 0.6 is 0 Å². The summed E-state index contributed by atoms with van der Waals surface area (Å²) in [4.78, 5) is 35.9. The van der Waals surface area contributed by atoms with E-state index in [1.54, 1.807) is 6.07 Å². The molecule has 0 saturated carbocycles. The minimum absolute atomic E-state index is 0.00875. The summed E-state index contributed by atoms with van der Waals surface area (Å²) in [5.41, 5.74) is 5.70. The largest absolute Gasteiger partial charge is 0.454 e. The third-order valence-corrected chi connectivity index (χ3v) is 6.29. The number of hydrazine groups is 1. The number of sulfonamides is 1. The van der Waals surface area contributed by atoms with Crippen LogP contribution in [0.2, 0.25) is 0 Å². The third kappa shape index (κ3) is 4.99. The summed E-state index contributed by atoms with van der Waals surface area (Å²) in [6.07, 6.45) is 0. The number of carbonyl (C=O) groups is 3. The van der Waals surface area contributed by atoms with E-state index in [9.17, 15) is 22.8 Å². The number of fused-ring (bicyclic) bond motifs is 1. The lowest BCUT2D eigenvalue weighted by Gasteiger charge is -2.10. The van der Waals surface area contributed by atoms with Crippen LogP contribution in [0.5, 0.6) is 11.5 Å². The van der Waals surface area contributed by atoms with Gasteiger partial charge in [0, 0.05) is 22.4 Å². The highest BCUT2D eigenvalue weighted by Crippen LogP contribution is 2.32. The van der Waals surface area contributed by atoms with E-state index in [1.165, 1.54) is 67.6 Å². The van der Waals surface area contributed by atoms with Crippen LogP contribution in [0.1, 0.15) is 38.0 Å². The van der Waals surface area contributed by atoms with E-state index >= 15 is 0 Å². The van der Waals surface area contributed by atoms with Crippen LogP contribution in [0, 0.1) is 0 Å². The zero-order valence-electron chi connectivity index (χ0n) is 17.8. The van der Waals surface area contributed by atoms with Gasteiger partial charge in [0.2, 0.25) is 6.79 Å². The van der Waals surface area contributed by atoms with Crippen LogP contribution in [0.4, 0.5) is 5.69 Å². The fraction of sp³-hybridized carbons (Fsp3) is 0.0870. The highest BCUT2D eigenvalue weighted by molar-refractivity contribution is 7.92. The van der Waals surface area contributed by atoms with Crippen LogP contribution < -0.4 is 25.0 Å². The molecule has 3 N–H and O–H groups in total. The first-order valence-electron chi connectivity index (χ1n) is 9.97. The molecule has 0 spiro atoms. The molecule has 1 heterocycles. The number of hydrogen-bond acceptors (Lipinski definition) is 7. The van der Waals surface area contributed by atoms with Crippen LogP contribution in [0.3, 0.4) is 0 Å². The zero-order valence-corrected chi connectivity index (χ0v) is 18.6. The van der Waals surface area contributed by atoms with E-state index < -0.39 is 21.8 Å². The molecule has 174 valence electrons. The van der Waals surface area contributed by atoms with Crippen molar-refractivity contribution < 1.29 is 32.3 Å². The van der Waals surface area contributed by atoms with Crippen molar-refractivity contribution in [2.45, 2.75) is 11.8 Å². The van der Waals surface area contributed by atoms with Crippen molar-refractivity contribution in [3.63, 3.8) is 0 Å². The average Bonchev–Trinajstić information content (AvgIpc) is 3.30. The number of rotatable bonds is 6. The lowest BCUT2D eigenvalue weighted by Crippen LogP contribution is -2.41. The molecule has 4 rings (SSSR count). The molecule has 0 radical (unpaired) electrons. The predicted octanol–water partition coefficient (Wildman–Crippen LogP) is 2.49. The van der Waals surface area contributed by atoms with E-state index in [1.807, 2.05) is 0 Å². The van der Waals surface area contributed by atoms with Gasteiger partial charge in [-0.25, -0.2) is 8.42 Å². The average molecular weight is 481 g/mol. The number of hydrogen-bond donors (Lipinski definition) is 3. The summed E-state index contributed by atoms with van der Waals surface area (Å²) in [7, 11) is -3.88. The molecular formula is C23H19N3O7S. The van der Waals surface area contributed by atoms with Crippen LogP contribution in [0.25, 0.3) is 0 Å². The van der Waals surface area contributed by atoms with Gasteiger partial charge in [-0.2, -0.15) is 0 Å². The first-order chi connectivity index (χ1) is 16.2. The molecule has 0 aromatic heterocycles. The Bertz CT molecular complexity index is 1370.